The molecule has 0 saturated carbocycles. The maximum absolute atomic E-state index is 13.0. The first kappa shape index (κ1) is 15.3. The smallest absolute Gasteiger partial charge is 0.269 e. The summed E-state index contributed by atoms with van der Waals surface area (Å²) in [4.78, 5) is 8.47. The van der Waals surface area contributed by atoms with Crippen LogP contribution in [0.15, 0.2) is 78.1 Å². The van der Waals surface area contributed by atoms with Crippen molar-refractivity contribution in [2.75, 3.05) is 5.73 Å². The van der Waals surface area contributed by atoms with Crippen molar-refractivity contribution in [1.29, 1.82) is 0 Å². The van der Waals surface area contributed by atoms with Gasteiger partial charge in [-0.2, -0.15) is 0 Å². The van der Waals surface area contributed by atoms with Gasteiger partial charge in [0.1, 0.15) is 5.82 Å². The van der Waals surface area contributed by atoms with Crippen molar-refractivity contribution in [2.45, 2.75) is 4.90 Å². The first-order valence-electron chi connectivity index (χ1n) is 7.56. The average Bonchev–Trinajstić information content (AvgIpc) is 3.03. The van der Waals surface area contributed by atoms with Crippen LogP contribution in [0.25, 0.3) is 22.2 Å². The lowest BCUT2D eigenvalue weighted by Crippen LogP contribution is -2.12. The highest BCUT2D eigenvalue weighted by atomic mass is 32.2. The van der Waals surface area contributed by atoms with E-state index in [0.29, 0.717) is 11.5 Å². The van der Waals surface area contributed by atoms with Crippen LogP contribution in [0.3, 0.4) is 0 Å². The SMILES string of the molecule is Nc1cc(-c2cn(S(=O)(=O)c3ccccc3)c3ncccc23)ccn1. The Hall–Kier alpha value is -3.19. The molecule has 6 nitrogen and oxygen atoms in total. The molecule has 0 spiro atoms. The third kappa shape index (κ3) is 2.54. The predicted octanol–water partition coefficient (Wildman–Crippen LogP) is 2.92. The Balaban J connectivity index is 2.01. The molecule has 0 radical (unpaired) electrons. The van der Waals surface area contributed by atoms with Crippen molar-refractivity contribution in [3.05, 3.63) is 73.2 Å². The fourth-order valence-corrected chi connectivity index (χ4v) is 4.11. The van der Waals surface area contributed by atoms with Crippen molar-refractivity contribution in [3.63, 3.8) is 0 Å². The highest BCUT2D eigenvalue weighted by Gasteiger charge is 2.22. The summed E-state index contributed by atoms with van der Waals surface area (Å²) >= 11 is 0. The van der Waals surface area contributed by atoms with Crippen molar-refractivity contribution < 1.29 is 8.42 Å². The van der Waals surface area contributed by atoms with E-state index >= 15 is 0 Å². The molecule has 0 aliphatic heterocycles. The van der Waals surface area contributed by atoms with Crippen LogP contribution in [0, 0.1) is 0 Å². The van der Waals surface area contributed by atoms with E-state index in [0.717, 1.165) is 16.5 Å². The normalized spacial score (nSPS) is 11.7. The van der Waals surface area contributed by atoms with Crippen LogP contribution < -0.4 is 5.73 Å². The van der Waals surface area contributed by atoms with E-state index in [4.69, 9.17) is 5.73 Å². The summed E-state index contributed by atoms with van der Waals surface area (Å²) in [6.45, 7) is 0. The van der Waals surface area contributed by atoms with E-state index in [-0.39, 0.29) is 4.90 Å². The van der Waals surface area contributed by atoms with Crippen LogP contribution >= 0.6 is 0 Å². The van der Waals surface area contributed by atoms with Gasteiger partial charge in [-0.1, -0.05) is 18.2 Å². The van der Waals surface area contributed by atoms with Crippen LogP contribution in [-0.4, -0.2) is 22.4 Å². The Bertz CT molecular complexity index is 1170. The second-order valence-corrected chi connectivity index (χ2v) is 7.32. The number of fused-ring (bicyclic) bond motifs is 1. The largest absolute Gasteiger partial charge is 0.384 e. The summed E-state index contributed by atoms with van der Waals surface area (Å²) in [5.41, 5.74) is 7.66. The second kappa shape index (κ2) is 5.71. The highest BCUT2D eigenvalue weighted by molar-refractivity contribution is 7.90. The molecule has 0 amide bonds. The van der Waals surface area contributed by atoms with E-state index in [9.17, 15) is 8.42 Å². The number of anilines is 1. The van der Waals surface area contributed by atoms with Crippen molar-refractivity contribution in [2.24, 2.45) is 0 Å². The number of hydrogen-bond donors (Lipinski definition) is 1. The van der Waals surface area contributed by atoms with Gasteiger partial charge in [0.25, 0.3) is 10.0 Å². The molecule has 0 bridgehead atoms. The molecule has 0 saturated heterocycles. The molecule has 25 heavy (non-hydrogen) atoms. The first-order chi connectivity index (χ1) is 12.1. The molecule has 4 aromatic rings. The van der Waals surface area contributed by atoms with Gasteiger partial charge in [0.05, 0.1) is 4.90 Å². The highest BCUT2D eigenvalue weighted by Crippen LogP contribution is 2.32. The summed E-state index contributed by atoms with van der Waals surface area (Å²) in [5, 5.41) is 0.729. The number of aromatic nitrogens is 3. The minimum absolute atomic E-state index is 0.207. The number of nitrogen functional groups attached to an aromatic ring is 1. The quantitative estimate of drug-likeness (QED) is 0.613. The van der Waals surface area contributed by atoms with Gasteiger partial charge in [-0.05, 0) is 42.0 Å². The fourth-order valence-electron chi connectivity index (χ4n) is 2.77. The van der Waals surface area contributed by atoms with Gasteiger partial charge < -0.3 is 5.73 Å². The predicted molar refractivity (Wildman–Crippen MR) is 96.4 cm³/mol. The van der Waals surface area contributed by atoms with E-state index in [1.165, 1.54) is 3.97 Å². The number of hydrogen-bond acceptors (Lipinski definition) is 5. The minimum Gasteiger partial charge on any atom is -0.384 e. The molecule has 3 heterocycles. The summed E-state index contributed by atoms with van der Waals surface area (Å²) < 4.78 is 27.3. The average molecular weight is 350 g/mol. The summed E-state index contributed by atoms with van der Waals surface area (Å²) in [6, 6.07) is 15.4. The van der Waals surface area contributed by atoms with Crippen LogP contribution in [-0.2, 0) is 10.0 Å². The van der Waals surface area contributed by atoms with Crippen LogP contribution in [0.1, 0.15) is 0 Å². The molecule has 0 atom stereocenters. The third-order valence-corrected chi connectivity index (χ3v) is 5.59. The molecule has 4 rings (SSSR count). The van der Waals surface area contributed by atoms with Crippen LogP contribution in [0.4, 0.5) is 5.82 Å². The molecular formula is C18H14N4O2S. The molecule has 0 fully saturated rings. The van der Waals surface area contributed by atoms with E-state index < -0.39 is 10.0 Å². The zero-order chi connectivity index (χ0) is 17.4. The molecule has 1 aromatic carbocycles. The van der Waals surface area contributed by atoms with Crippen molar-refractivity contribution in [3.8, 4) is 11.1 Å². The minimum atomic E-state index is -3.76. The summed E-state index contributed by atoms with van der Waals surface area (Å²) in [5.74, 6) is 0.369. The molecule has 3 aromatic heterocycles. The first-order valence-corrected chi connectivity index (χ1v) is 9.00. The van der Waals surface area contributed by atoms with Gasteiger partial charge in [-0.15, -0.1) is 0 Å². The Morgan fingerprint density at radius 3 is 2.48 bits per heavy atom. The Morgan fingerprint density at radius 2 is 1.72 bits per heavy atom. The number of nitrogens with two attached hydrogens (primary N) is 1. The molecular weight excluding hydrogens is 336 g/mol. The maximum atomic E-state index is 13.0. The molecule has 0 unspecified atom stereocenters. The monoisotopic (exact) mass is 350 g/mol. The number of benzene rings is 1. The molecule has 7 heteroatoms. The van der Waals surface area contributed by atoms with Gasteiger partial charge in [0.2, 0.25) is 0 Å². The topological polar surface area (TPSA) is 90.9 Å². The lowest BCUT2D eigenvalue weighted by molar-refractivity contribution is 0.589. The van der Waals surface area contributed by atoms with Gasteiger partial charge in [0.15, 0.2) is 5.65 Å². The van der Waals surface area contributed by atoms with Gasteiger partial charge >= 0.3 is 0 Å². The van der Waals surface area contributed by atoms with Crippen LogP contribution in [0.2, 0.25) is 0 Å². The Kier molecular flexibility index (Phi) is 3.51. The van der Waals surface area contributed by atoms with Gasteiger partial charge in [-0.3, -0.25) is 0 Å². The van der Waals surface area contributed by atoms with Crippen LogP contribution in [0.5, 0.6) is 0 Å². The Morgan fingerprint density at radius 1 is 0.920 bits per heavy atom. The molecule has 124 valence electrons. The number of pyridine rings is 2. The standard InChI is InChI=1S/C18H14N4O2S/c19-17-11-13(8-10-20-17)16-12-22(18-15(16)7-4-9-21-18)25(23,24)14-5-2-1-3-6-14/h1-12H,(H2,19,20). The van der Waals surface area contributed by atoms with Crippen molar-refractivity contribution in [1.82, 2.24) is 13.9 Å². The van der Waals surface area contributed by atoms with E-state index in [1.807, 2.05) is 6.07 Å². The number of rotatable bonds is 3. The van der Waals surface area contributed by atoms with Gasteiger partial charge in [0, 0.05) is 29.5 Å². The maximum Gasteiger partial charge on any atom is 0.269 e. The second-order valence-electron chi connectivity index (χ2n) is 5.50. The lowest BCUT2D eigenvalue weighted by Gasteiger charge is -2.06. The molecule has 0 aliphatic rings. The zero-order valence-corrected chi connectivity index (χ0v) is 13.9. The summed E-state index contributed by atoms with van der Waals surface area (Å²) in [6.07, 6.45) is 4.74. The summed E-state index contributed by atoms with van der Waals surface area (Å²) in [7, 11) is -3.76. The molecule has 2 N–H and O–H groups in total. The lowest BCUT2D eigenvalue weighted by atomic mass is 10.1. The van der Waals surface area contributed by atoms with Gasteiger partial charge in [-0.25, -0.2) is 22.4 Å². The van der Waals surface area contributed by atoms with E-state index in [2.05, 4.69) is 9.97 Å². The third-order valence-electron chi connectivity index (χ3n) is 3.92. The zero-order valence-electron chi connectivity index (χ0n) is 13.1. The molecule has 0 aliphatic carbocycles. The van der Waals surface area contributed by atoms with E-state index in [1.54, 1.807) is 67.1 Å². The Labute approximate surface area is 144 Å². The fraction of sp³-hybridized carbons (Fsp3) is 0. The number of nitrogens with zero attached hydrogens (tertiary/aromatic N) is 3. The van der Waals surface area contributed by atoms with Crippen molar-refractivity contribution >= 4 is 26.9 Å².